The fourth-order valence-corrected chi connectivity index (χ4v) is 2.90. The predicted octanol–water partition coefficient (Wildman–Crippen LogP) is 3.81. The molecule has 2 aromatic heterocycles. The lowest BCUT2D eigenvalue weighted by atomic mass is 10.0. The zero-order valence-corrected chi connectivity index (χ0v) is 14.9. The number of aromatic amines is 1. The SMILES string of the molecule is O=c1[nH]c(OCC(F)F)nc2c(-c3cc(F)c(F)c(F)c3)c(-c3ccccc3)nn12. The quantitative estimate of drug-likeness (QED) is 0.392. The van der Waals surface area contributed by atoms with Crippen molar-refractivity contribution in [1.29, 1.82) is 0 Å². The van der Waals surface area contributed by atoms with Crippen molar-refractivity contribution in [2.45, 2.75) is 6.43 Å². The van der Waals surface area contributed by atoms with E-state index in [1.807, 2.05) is 0 Å². The second-order valence-corrected chi connectivity index (χ2v) is 6.13. The van der Waals surface area contributed by atoms with Crippen LogP contribution in [0.3, 0.4) is 0 Å². The summed E-state index contributed by atoms with van der Waals surface area (Å²) in [4.78, 5) is 18.5. The number of alkyl halides is 2. The summed E-state index contributed by atoms with van der Waals surface area (Å²) in [6, 6.07) is 9.24. The molecule has 0 radical (unpaired) electrons. The maximum atomic E-state index is 13.9. The second kappa shape index (κ2) is 7.58. The standard InChI is InChI=1S/C19H11F5N4O2/c20-11-6-10(7-12(21)15(11)24)14-16(9-4-2-1-3-5-9)27-28-17(14)25-18(26-19(28)29)30-8-13(22)23/h1-7,13H,8H2,(H,25,26,29). The smallest absolute Gasteiger partial charge is 0.352 e. The topological polar surface area (TPSA) is 72.3 Å². The third kappa shape index (κ3) is 3.49. The highest BCUT2D eigenvalue weighted by Gasteiger charge is 2.23. The minimum atomic E-state index is -2.82. The average molecular weight is 422 g/mol. The molecular weight excluding hydrogens is 411 g/mol. The first-order valence-electron chi connectivity index (χ1n) is 8.49. The Balaban J connectivity index is 2.02. The lowest BCUT2D eigenvalue weighted by Crippen LogP contribution is -2.21. The van der Waals surface area contributed by atoms with Crippen molar-refractivity contribution in [3.8, 4) is 28.4 Å². The summed E-state index contributed by atoms with van der Waals surface area (Å²) in [6.45, 7) is -1.03. The molecule has 2 aromatic carbocycles. The minimum absolute atomic E-state index is 0.00741. The molecular formula is C19H11F5N4O2. The van der Waals surface area contributed by atoms with Crippen molar-refractivity contribution in [2.75, 3.05) is 6.61 Å². The molecule has 0 aliphatic carbocycles. The van der Waals surface area contributed by atoms with E-state index >= 15 is 0 Å². The number of halogens is 5. The molecule has 0 fully saturated rings. The molecule has 0 saturated carbocycles. The molecule has 1 N–H and O–H groups in total. The van der Waals surface area contributed by atoms with Gasteiger partial charge in [0.2, 0.25) is 0 Å². The van der Waals surface area contributed by atoms with E-state index in [-0.39, 0.29) is 22.5 Å². The van der Waals surface area contributed by atoms with Gasteiger partial charge in [-0.05, 0) is 17.7 Å². The highest BCUT2D eigenvalue weighted by Crippen LogP contribution is 2.35. The van der Waals surface area contributed by atoms with Crippen LogP contribution in [0.4, 0.5) is 22.0 Å². The van der Waals surface area contributed by atoms with Gasteiger partial charge >= 0.3 is 5.69 Å². The molecule has 0 aliphatic heterocycles. The maximum absolute atomic E-state index is 13.9. The Hall–Kier alpha value is -3.76. The molecule has 4 rings (SSSR count). The van der Waals surface area contributed by atoms with Gasteiger partial charge in [-0.2, -0.15) is 14.6 Å². The summed E-state index contributed by atoms with van der Waals surface area (Å²) >= 11 is 0. The van der Waals surface area contributed by atoms with Crippen LogP contribution in [-0.2, 0) is 0 Å². The van der Waals surface area contributed by atoms with E-state index in [9.17, 15) is 26.7 Å². The van der Waals surface area contributed by atoms with Gasteiger partial charge in [0, 0.05) is 5.56 Å². The van der Waals surface area contributed by atoms with Crippen LogP contribution >= 0.6 is 0 Å². The largest absolute Gasteiger partial charge is 0.459 e. The number of aromatic nitrogens is 4. The van der Waals surface area contributed by atoms with E-state index in [4.69, 9.17) is 4.74 Å². The third-order valence-corrected chi connectivity index (χ3v) is 4.14. The highest BCUT2D eigenvalue weighted by molar-refractivity contribution is 5.90. The minimum Gasteiger partial charge on any atom is -0.459 e. The Labute approximate surface area is 164 Å². The summed E-state index contributed by atoms with van der Waals surface area (Å²) in [5, 5.41) is 4.15. The summed E-state index contributed by atoms with van der Waals surface area (Å²) in [5.41, 5.74) is -0.671. The zero-order valence-electron chi connectivity index (χ0n) is 14.9. The van der Waals surface area contributed by atoms with Crippen molar-refractivity contribution in [1.82, 2.24) is 19.6 Å². The van der Waals surface area contributed by atoms with Crippen LogP contribution in [0.2, 0.25) is 0 Å². The highest BCUT2D eigenvalue weighted by atomic mass is 19.3. The number of ether oxygens (including phenoxy) is 1. The molecule has 0 amide bonds. The van der Waals surface area contributed by atoms with Crippen molar-refractivity contribution >= 4 is 5.65 Å². The van der Waals surface area contributed by atoms with Gasteiger partial charge in [-0.3, -0.25) is 4.98 Å². The Morgan fingerprint density at radius 1 is 1.03 bits per heavy atom. The van der Waals surface area contributed by atoms with Gasteiger partial charge in [0.25, 0.3) is 12.4 Å². The molecule has 154 valence electrons. The summed E-state index contributed by atoms with van der Waals surface area (Å²) in [7, 11) is 0. The fraction of sp³-hybridized carbons (Fsp3) is 0.105. The van der Waals surface area contributed by atoms with Gasteiger partial charge in [0.1, 0.15) is 5.69 Å². The Bertz CT molecular complexity index is 1260. The van der Waals surface area contributed by atoms with Gasteiger partial charge in [0.15, 0.2) is 29.7 Å². The average Bonchev–Trinajstić information content (AvgIpc) is 3.11. The van der Waals surface area contributed by atoms with Gasteiger partial charge in [0.05, 0.1) is 5.56 Å². The zero-order chi connectivity index (χ0) is 21.4. The van der Waals surface area contributed by atoms with Crippen LogP contribution in [0.15, 0.2) is 47.3 Å². The third-order valence-electron chi connectivity index (χ3n) is 4.14. The Morgan fingerprint density at radius 2 is 1.70 bits per heavy atom. The van der Waals surface area contributed by atoms with E-state index in [0.29, 0.717) is 5.56 Å². The molecule has 2 heterocycles. The van der Waals surface area contributed by atoms with E-state index in [1.54, 1.807) is 30.3 Å². The number of hydrogen-bond acceptors (Lipinski definition) is 4. The summed E-state index contributed by atoms with van der Waals surface area (Å²) < 4.78 is 71.7. The van der Waals surface area contributed by atoms with Crippen LogP contribution in [0.25, 0.3) is 28.0 Å². The van der Waals surface area contributed by atoms with Crippen LogP contribution in [0.5, 0.6) is 6.01 Å². The fourth-order valence-electron chi connectivity index (χ4n) is 2.90. The van der Waals surface area contributed by atoms with Gasteiger partial charge in [-0.25, -0.2) is 26.7 Å². The number of nitrogens with one attached hydrogen (secondary N) is 1. The van der Waals surface area contributed by atoms with Crippen LogP contribution in [0.1, 0.15) is 0 Å². The Kier molecular flexibility index (Phi) is 4.94. The van der Waals surface area contributed by atoms with Crippen molar-refractivity contribution in [3.63, 3.8) is 0 Å². The predicted molar refractivity (Wildman–Crippen MR) is 95.9 cm³/mol. The molecule has 11 heteroatoms. The monoisotopic (exact) mass is 422 g/mol. The lowest BCUT2D eigenvalue weighted by molar-refractivity contribution is 0.0768. The molecule has 0 saturated heterocycles. The number of benzene rings is 2. The lowest BCUT2D eigenvalue weighted by Gasteiger charge is -2.06. The Morgan fingerprint density at radius 3 is 2.33 bits per heavy atom. The molecule has 0 bridgehead atoms. The number of H-pyrrole nitrogens is 1. The van der Waals surface area contributed by atoms with E-state index in [1.165, 1.54) is 0 Å². The maximum Gasteiger partial charge on any atom is 0.352 e. The van der Waals surface area contributed by atoms with Crippen molar-refractivity contribution < 1.29 is 26.7 Å². The van der Waals surface area contributed by atoms with Crippen molar-refractivity contribution in [3.05, 3.63) is 70.4 Å². The number of fused-ring (bicyclic) bond motifs is 1. The molecule has 0 spiro atoms. The molecule has 30 heavy (non-hydrogen) atoms. The summed E-state index contributed by atoms with van der Waals surface area (Å²) in [5.74, 6) is -4.58. The normalized spacial score (nSPS) is 11.4. The number of rotatable bonds is 5. The second-order valence-electron chi connectivity index (χ2n) is 6.13. The summed E-state index contributed by atoms with van der Waals surface area (Å²) in [6.07, 6.45) is -2.82. The molecule has 0 aliphatic rings. The first-order chi connectivity index (χ1) is 14.3. The molecule has 0 atom stereocenters. The van der Waals surface area contributed by atoms with Gasteiger partial charge in [-0.15, -0.1) is 0 Å². The van der Waals surface area contributed by atoms with Crippen LogP contribution in [-0.4, -0.2) is 32.6 Å². The van der Waals surface area contributed by atoms with Crippen LogP contribution in [0, 0.1) is 17.5 Å². The van der Waals surface area contributed by atoms with E-state index in [2.05, 4.69) is 15.1 Å². The van der Waals surface area contributed by atoms with Crippen molar-refractivity contribution in [2.24, 2.45) is 0 Å². The van der Waals surface area contributed by atoms with E-state index in [0.717, 1.165) is 16.6 Å². The number of nitrogens with zero attached hydrogens (tertiary/aromatic N) is 3. The number of hydrogen-bond donors (Lipinski definition) is 1. The molecule has 0 unspecified atom stereocenters. The van der Waals surface area contributed by atoms with Gasteiger partial charge in [-0.1, -0.05) is 30.3 Å². The first-order valence-corrected chi connectivity index (χ1v) is 8.49. The van der Waals surface area contributed by atoms with Crippen LogP contribution < -0.4 is 10.4 Å². The first kappa shape index (κ1) is 19.6. The van der Waals surface area contributed by atoms with Gasteiger partial charge < -0.3 is 4.74 Å². The molecule has 4 aromatic rings. The molecule has 6 nitrogen and oxygen atoms in total. The van der Waals surface area contributed by atoms with E-state index < -0.39 is 42.2 Å².